The third kappa shape index (κ3) is 5.11. The molecule has 1 aromatic rings. The van der Waals surface area contributed by atoms with E-state index in [1.165, 1.54) is 0 Å². The van der Waals surface area contributed by atoms with E-state index in [4.69, 9.17) is 9.47 Å². The number of aromatic nitrogens is 1. The van der Waals surface area contributed by atoms with Gasteiger partial charge in [-0.1, -0.05) is 13.8 Å². The van der Waals surface area contributed by atoms with E-state index < -0.39 is 17.2 Å². The number of carbonyl (C=O) groups excluding carboxylic acids is 1. The summed E-state index contributed by atoms with van der Waals surface area (Å²) in [5.74, 6) is 0.188. The summed E-state index contributed by atoms with van der Waals surface area (Å²) in [4.78, 5) is 19.7. The summed E-state index contributed by atoms with van der Waals surface area (Å²) in [6.07, 6.45) is 0.209. The zero-order valence-corrected chi connectivity index (χ0v) is 20.3. The highest BCUT2D eigenvalue weighted by Gasteiger charge is 2.50. The van der Waals surface area contributed by atoms with Crippen LogP contribution in [0.3, 0.4) is 0 Å². The number of ether oxygens (including phenoxy) is 2. The van der Waals surface area contributed by atoms with E-state index in [2.05, 4.69) is 24.1 Å². The monoisotopic (exact) mass is 483 g/mol. The molecule has 0 bridgehead atoms. The van der Waals surface area contributed by atoms with Gasteiger partial charge in [0.25, 0.3) is 0 Å². The molecule has 1 amide bonds. The summed E-state index contributed by atoms with van der Waals surface area (Å²) in [7, 11) is 0. The first-order valence-corrected chi connectivity index (χ1v) is 12.4. The zero-order valence-electron chi connectivity index (χ0n) is 20.3. The minimum Gasteiger partial charge on any atom is -0.379 e. The van der Waals surface area contributed by atoms with Crippen LogP contribution in [0.15, 0.2) is 12.3 Å². The Morgan fingerprint density at radius 2 is 2.18 bits per heavy atom. The highest BCUT2D eigenvalue weighted by molar-refractivity contribution is 5.83. The van der Waals surface area contributed by atoms with Crippen molar-refractivity contribution in [3.05, 3.63) is 29.1 Å². The number of fused-ring (bicyclic) bond motifs is 1. The van der Waals surface area contributed by atoms with Gasteiger partial charge in [-0.25, -0.2) is 0 Å². The Hall–Kier alpha value is -1.71. The number of nitrogens with one attached hydrogen (secondary N) is 1. The highest BCUT2D eigenvalue weighted by atomic mass is 19.4. The number of amides is 1. The van der Waals surface area contributed by atoms with Gasteiger partial charge in [-0.15, -0.1) is 0 Å². The van der Waals surface area contributed by atoms with Gasteiger partial charge in [-0.2, -0.15) is 13.2 Å². The SMILES string of the molecule is CCO[C@@H]1COCC[C@@H]1N[C@@H]1CC[C@@](C(=O)N2CCc3ncc(C(F)(F)F)cc3C2)(C(C)C)C1. The first-order chi connectivity index (χ1) is 16.1. The molecule has 4 rings (SSSR count). The van der Waals surface area contributed by atoms with Gasteiger partial charge in [0.15, 0.2) is 0 Å². The molecule has 1 saturated carbocycles. The van der Waals surface area contributed by atoms with Crippen LogP contribution in [-0.2, 0) is 33.4 Å². The van der Waals surface area contributed by atoms with Crippen molar-refractivity contribution in [3.8, 4) is 0 Å². The molecule has 2 aliphatic heterocycles. The molecule has 1 N–H and O–H groups in total. The second kappa shape index (κ2) is 10.1. The van der Waals surface area contributed by atoms with Gasteiger partial charge in [0.1, 0.15) is 0 Å². The van der Waals surface area contributed by atoms with Crippen molar-refractivity contribution in [2.45, 2.75) is 83.8 Å². The molecule has 1 saturated heterocycles. The lowest BCUT2D eigenvalue weighted by Gasteiger charge is -2.40. The normalized spacial score (nSPS) is 30.0. The summed E-state index contributed by atoms with van der Waals surface area (Å²) >= 11 is 0. The number of hydrogen-bond acceptors (Lipinski definition) is 5. The molecule has 1 aliphatic carbocycles. The fourth-order valence-corrected chi connectivity index (χ4v) is 5.84. The van der Waals surface area contributed by atoms with Gasteiger partial charge >= 0.3 is 6.18 Å². The van der Waals surface area contributed by atoms with E-state index in [1.807, 2.05) is 6.92 Å². The maximum absolute atomic E-state index is 13.9. The van der Waals surface area contributed by atoms with Crippen LogP contribution in [0.2, 0.25) is 0 Å². The molecule has 3 aliphatic rings. The third-order valence-electron chi connectivity index (χ3n) is 7.87. The van der Waals surface area contributed by atoms with Crippen molar-refractivity contribution in [2.24, 2.45) is 11.3 Å². The van der Waals surface area contributed by atoms with Crippen LogP contribution in [0.5, 0.6) is 0 Å². The van der Waals surface area contributed by atoms with Crippen molar-refractivity contribution in [2.75, 3.05) is 26.4 Å². The Morgan fingerprint density at radius 1 is 1.38 bits per heavy atom. The lowest BCUT2D eigenvalue weighted by Crippen LogP contribution is -2.52. The molecule has 0 radical (unpaired) electrons. The van der Waals surface area contributed by atoms with Crippen LogP contribution >= 0.6 is 0 Å². The molecule has 0 unspecified atom stereocenters. The number of hydrogen-bond donors (Lipinski definition) is 1. The number of alkyl halides is 3. The first-order valence-electron chi connectivity index (χ1n) is 12.4. The van der Waals surface area contributed by atoms with E-state index in [0.717, 1.165) is 37.9 Å². The van der Waals surface area contributed by atoms with Gasteiger partial charge in [0, 0.05) is 56.7 Å². The maximum Gasteiger partial charge on any atom is 0.417 e. The lowest BCUT2D eigenvalue weighted by atomic mass is 9.74. The van der Waals surface area contributed by atoms with Gasteiger partial charge in [0.05, 0.1) is 23.7 Å². The quantitative estimate of drug-likeness (QED) is 0.664. The van der Waals surface area contributed by atoms with E-state index in [0.29, 0.717) is 44.0 Å². The number of halogens is 3. The minimum absolute atomic E-state index is 0.0115. The fraction of sp³-hybridized carbons (Fsp3) is 0.760. The average molecular weight is 484 g/mol. The van der Waals surface area contributed by atoms with Gasteiger partial charge in [-0.05, 0) is 50.2 Å². The second-order valence-electron chi connectivity index (χ2n) is 10.2. The number of pyridine rings is 1. The zero-order chi connectivity index (χ0) is 24.5. The Kier molecular flexibility index (Phi) is 7.55. The minimum atomic E-state index is -4.44. The van der Waals surface area contributed by atoms with Crippen molar-refractivity contribution < 1.29 is 27.4 Å². The van der Waals surface area contributed by atoms with Crippen LogP contribution in [0, 0.1) is 11.3 Å². The fourth-order valence-electron chi connectivity index (χ4n) is 5.84. The smallest absolute Gasteiger partial charge is 0.379 e. The van der Waals surface area contributed by atoms with E-state index in [9.17, 15) is 18.0 Å². The lowest BCUT2D eigenvalue weighted by molar-refractivity contribution is -0.146. The molecule has 0 aromatic carbocycles. The molecule has 4 atom stereocenters. The summed E-state index contributed by atoms with van der Waals surface area (Å²) < 4.78 is 51.0. The van der Waals surface area contributed by atoms with Crippen molar-refractivity contribution >= 4 is 5.91 Å². The molecule has 2 fully saturated rings. The topological polar surface area (TPSA) is 63.7 Å². The van der Waals surface area contributed by atoms with Crippen molar-refractivity contribution in [1.82, 2.24) is 15.2 Å². The largest absolute Gasteiger partial charge is 0.417 e. The molecule has 0 spiro atoms. The molecule has 9 heteroatoms. The van der Waals surface area contributed by atoms with E-state index in [1.54, 1.807) is 4.90 Å². The summed E-state index contributed by atoms with van der Waals surface area (Å²) in [5.41, 5.74) is -0.119. The Bertz CT molecular complexity index is 877. The van der Waals surface area contributed by atoms with Crippen LogP contribution in [0.4, 0.5) is 13.2 Å². The molecule has 3 heterocycles. The van der Waals surface area contributed by atoms with Crippen LogP contribution in [0.1, 0.15) is 63.3 Å². The summed E-state index contributed by atoms with van der Waals surface area (Å²) in [6.45, 7) is 8.72. The van der Waals surface area contributed by atoms with Crippen LogP contribution in [0.25, 0.3) is 0 Å². The van der Waals surface area contributed by atoms with E-state index in [-0.39, 0.29) is 36.6 Å². The van der Waals surface area contributed by atoms with Crippen LogP contribution < -0.4 is 5.32 Å². The summed E-state index contributed by atoms with van der Waals surface area (Å²) in [5, 5.41) is 3.75. The molecule has 6 nitrogen and oxygen atoms in total. The average Bonchev–Trinajstić information content (AvgIpc) is 3.24. The Morgan fingerprint density at radius 3 is 2.88 bits per heavy atom. The first kappa shape index (κ1) is 25.4. The molecule has 34 heavy (non-hydrogen) atoms. The van der Waals surface area contributed by atoms with Gasteiger partial charge in [0.2, 0.25) is 5.91 Å². The summed E-state index contributed by atoms with van der Waals surface area (Å²) in [6, 6.07) is 1.56. The number of carbonyl (C=O) groups is 1. The van der Waals surface area contributed by atoms with Gasteiger partial charge < -0.3 is 19.7 Å². The molecular weight excluding hydrogens is 447 g/mol. The third-order valence-corrected chi connectivity index (χ3v) is 7.87. The maximum atomic E-state index is 13.9. The van der Waals surface area contributed by atoms with Crippen molar-refractivity contribution in [3.63, 3.8) is 0 Å². The van der Waals surface area contributed by atoms with Gasteiger partial charge in [-0.3, -0.25) is 9.78 Å². The predicted molar refractivity (Wildman–Crippen MR) is 121 cm³/mol. The standard InChI is InChI=1S/C25H36F3N3O3/c1-4-34-22-15-33-10-7-21(22)30-19-5-8-24(12-19,16(2)3)23(32)31-9-6-20-17(14-31)11-18(13-29-20)25(26,27)28/h11,13,16,19,21-22,30H,4-10,12,14-15H2,1-3H3/t19-,21+,22-,24+/m1/s1. The predicted octanol–water partition coefficient (Wildman–Crippen LogP) is 3.96. The molecule has 190 valence electrons. The second-order valence-corrected chi connectivity index (χ2v) is 10.2. The van der Waals surface area contributed by atoms with Crippen molar-refractivity contribution in [1.29, 1.82) is 0 Å². The highest BCUT2D eigenvalue weighted by Crippen LogP contribution is 2.47. The van der Waals surface area contributed by atoms with Crippen LogP contribution in [-0.4, -0.2) is 60.3 Å². The number of nitrogens with zero attached hydrogens (tertiary/aromatic N) is 2. The Labute approximate surface area is 199 Å². The number of rotatable bonds is 6. The molecule has 1 aromatic heterocycles. The Balaban J connectivity index is 1.47. The molecular formula is C25H36F3N3O3. The van der Waals surface area contributed by atoms with E-state index >= 15 is 0 Å².